The summed E-state index contributed by atoms with van der Waals surface area (Å²) in [5, 5.41) is 8.70. The molecule has 0 aromatic carbocycles. The van der Waals surface area contributed by atoms with E-state index in [-0.39, 0.29) is 12.5 Å². The van der Waals surface area contributed by atoms with Gasteiger partial charge in [0.25, 0.3) is 0 Å². The highest BCUT2D eigenvalue weighted by Gasteiger charge is 2.45. The zero-order chi connectivity index (χ0) is 17.5. The Hall–Kier alpha value is -0.613. The number of hydrogen-bond donors (Lipinski definition) is 1. The second kappa shape index (κ2) is 9.51. The number of allylic oxidation sites excluding steroid dienone is 1. The molecule has 0 saturated carbocycles. The van der Waals surface area contributed by atoms with Crippen LogP contribution in [-0.2, 0) is 9.22 Å². The summed E-state index contributed by atoms with van der Waals surface area (Å²) in [6.45, 7) is 18.0. The molecule has 0 aliphatic carbocycles. The molecule has 0 aliphatic heterocycles. The summed E-state index contributed by atoms with van der Waals surface area (Å²) in [5.74, 6) is -0.737. The second-order valence-electron chi connectivity index (χ2n) is 7.43. The van der Waals surface area contributed by atoms with Crippen LogP contribution in [0.2, 0.25) is 16.6 Å². The molecule has 0 heterocycles. The fourth-order valence-corrected chi connectivity index (χ4v) is 9.37. The van der Waals surface area contributed by atoms with Gasteiger partial charge < -0.3 is 9.53 Å². The number of rotatable bonds is 10. The van der Waals surface area contributed by atoms with Gasteiger partial charge in [0.1, 0.15) is 0 Å². The topological polar surface area (TPSA) is 46.5 Å². The highest BCUT2D eigenvalue weighted by Crippen LogP contribution is 2.43. The van der Waals surface area contributed by atoms with Gasteiger partial charge in [-0.25, -0.2) is 0 Å². The zero-order valence-electron chi connectivity index (χ0n) is 15.8. The lowest BCUT2D eigenvalue weighted by atomic mass is 10.1. The van der Waals surface area contributed by atoms with Crippen LogP contribution in [0.25, 0.3) is 0 Å². The van der Waals surface area contributed by atoms with E-state index in [1.54, 1.807) is 0 Å². The Morgan fingerprint density at radius 3 is 1.86 bits per heavy atom. The number of carbonyl (C=O) groups is 1. The predicted molar refractivity (Wildman–Crippen MR) is 96.8 cm³/mol. The van der Waals surface area contributed by atoms with Crippen LogP contribution in [0.4, 0.5) is 0 Å². The van der Waals surface area contributed by atoms with Crippen molar-refractivity contribution in [1.82, 2.24) is 0 Å². The molecule has 0 spiro atoms. The molecule has 0 radical (unpaired) electrons. The lowest BCUT2D eigenvalue weighted by Gasteiger charge is -2.44. The van der Waals surface area contributed by atoms with E-state index >= 15 is 0 Å². The Morgan fingerprint density at radius 2 is 1.50 bits per heavy atom. The van der Waals surface area contributed by atoms with Crippen molar-refractivity contribution in [1.29, 1.82) is 0 Å². The Balaban J connectivity index is 4.84. The third-order valence-electron chi connectivity index (χ3n) is 4.57. The summed E-state index contributed by atoms with van der Waals surface area (Å²) in [6, 6.07) is 0. The van der Waals surface area contributed by atoms with E-state index in [0.717, 1.165) is 6.42 Å². The van der Waals surface area contributed by atoms with Crippen molar-refractivity contribution in [2.45, 2.75) is 97.4 Å². The van der Waals surface area contributed by atoms with Gasteiger partial charge in [0.15, 0.2) is 0 Å². The molecule has 0 saturated heterocycles. The van der Waals surface area contributed by atoms with Crippen LogP contribution in [0.1, 0.15) is 74.7 Å². The highest BCUT2D eigenvalue weighted by molar-refractivity contribution is 6.77. The molecule has 1 N–H and O–H groups in total. The number of carboxylic acid groups (broad SMARTS) is 1. The third kappa shape index (κ3) is 6.25. The molecular formula is C18H36O3Si. The molecule has 0 aliphatic rings. The Morgan fingerprint density at radius 1 is 1.05 bits per heavy atom. The number of hydrogen-bond acceptors (Lipinski definition) is 2. The predicted octanol–water partition coefficient (Wildman–Crippen LogP) is 5.77. The summed E-state index contributed by atoms with van der Waals surface area (Å²) in [7, 11) is -1.83. The van der Waals surface area contributed by atoms with E-state index < -0.39 is 14.3 Å². The average molecular weight is 329 g/mol. The van der Waals surface area contributed by atoms with Crippen molar-refractivity contribution in [3.63, 3.8) is 0 Å². The molecule has 130 valence electrons. The summed E-state index contributed by atoms with van der Waals surface area (Å²) < 4.78 is 6.70. The van der Waals surface area contributed by atoms with Crippen molar-refractivity contribution in [3.05, 3.63) is 11.6 Å². The second-order valence-corrected chi connectivity index (χ2v) is 12.8. The van der Waals surface area contributed by atoms with Gasteiger partial charge >= 0.3 is 5.97 Å². The molecule has 0 aromatic rings. The zero-order valence-corrected chi connectivity index (χ0v) is 16.8. The van der Waals surface area contributed by atoms with Crippen LogP contribution in [-0.4, -0.2) is 25.5 Å². The van der Waals surface area contributed by atoms with Crippen molar-refractivity contribution >= 4 is 14.3 Å². The summed E-state index contributed by atoms with van der Waals surface area (Å²) in [6.07, 6.45) is 3.93. The van der Waals surface area contributed by atoms with E-state index in [1.807, 2.05) is 6.08 Å². The largest absolute Gasteiger partial charge is 0.481 e. The smallest absolute Gasteiger partial charge is 0.303 e. The van der Waals surface area contributed by atoms with E-state index in [0.29, 0.717) is 23.0 Å². The lowest BCUT2D eigenvalue weighted by molar-refractivity contribution is -0.136. The first-order valence-corrected chi connectivity index (χ1v) is 10.7. The van der Waals surface area contributed by atoms with Crippen LogP contribution < -0.4 is 0 Å². The summed E-state index contributed by atoms with van der Waals surface area (Å²) >= 11 is 0. The first-order valence-electron chi connectivity index (χ1n) is 8.59. The van der Waals surface area contributed by atoms with Crippen LogP contribution in [0.5, 0.6) is 0 Å². The van der Waals surface area contributed by atoms with E-state index in [2.05, 4.69) is 55.4 Å². The molecule has 3 nitrogen and oxygen atoms in total. The van der Waals surface area contributed by atoms with Crippen LogP contribution in [0.3, 0.4) is 0 Å². The summed E-state index contributed by atoms with van der Waals surface area (Å²) in [4.78, 5) is 10.6. The minimum absolute atomic E-state index is 0.194. The average Bonchev–Trinajstić information content (AvgIpc) is 2.33. The van der Waals surface area contributed by atoms with Crippen molar-refractivity contribution in [3.8, 4) is 0 Å². The van der Waals surface area contributed by atoms with Crippen molar-refractivity contribution < 1.29 is 14.3 Å². The Kier molecular flexibility index (Phi) is 9.24. The quantitative estimate of drug-likeness (QED) is 0.409. The molecule has 0 fully saturated rings. The fourth-order valence-electron chi connectivity index (χ4n) is 3.78. The van der Waals surface area contributed by atoms with Gasteiger partial charge in [-0.2, -0.15) is 0 Å². The van der Waals surface area contributed by atoms with Gasteiger partial charge in [-0.15, -0.1) is 0 Å². The Labute approximate surface area is 138 Å². The molecule has 0 unspecified atom stereocenters. The minimum Gasteiger partial charge on any atom is -0.481 e. The molecule has 0 bridgehead atoms. The van der Waals surface area contributed by atoms with Crippen molar-refractivity contribution in [2.24, 2.45) is 0 Å². The van der Waals surface area contributed by atoms with Gasteiger partial charge in [-0.1, -0.05) is 53.2 Å². The maximum Gasteiger partial charge on any atom is 0.303 e. The van der Waals surface area contributed by atoms with E-state index in [1.165, 1.54) is 5.57 Å². The third-order valence-corrected chi connectivity index (χ3v) is 10.8. The molecule has 22 heavy (non-hydrogen) atoms. The van der Waals surface area contributed by atoms with Gasteiger partial charge in [0, 0.05) is 12.5 Å². The molecular weight excluding hydrogens is 292 g/mol. The SMILES string of the molecule is C/C(=C\CCC(=O)O)C[C@H](C)O[Si](C(C)C)(C(C)C)C(C)C. The molecule has 1 atom stereocenters. The van der Waals surface area contributed by atoms with E-state index in [9.17, 15) is 4.79 Å². The maximum absolute atomic E-state index is 10.6. The number of aliphatic carboxylic acids is 1. The van der Waals surface area contributed by atoms with Gasteiger partial charge in [0.2, 0.25) is 8.32 Å². The van der Waals surface area contributed by atoms with Crippen LogP contribution >= 0.6 is 0 Å². The normalized spacial score (nSPS) is 15.0. The van der Waals surface area contributed by atoms with Gasteiger partial charge in [0.05, 0.1) is 0 Å². The van der Waals surface area contributed by atoms with Crippen LogP contribution in [0, 0.1) is 0 Å². The Bertz CT molecular complexity index is 351. The molecule has 0 rings (SSSR count). The minimum atomic E-state index is -1.83. The fraction of sp³-hybridized carbons (Fsp3) is 0.833. The van der Waals surface area contributed by atoms with E-state index in [4.69, 9.17) is 9.53 Å². The first kappa shape index (κ1) is 21.4. The molecule has 0 aromatic heterocycles. The van der Waals surface area contributed by atoms with Crippen LogP contribution in [0.15, 0.2) is 11.6 Å². The molecule has 4 heteroatoms. The number of carboxylic acids is 1. The lowest BCUT2D eigenvalue weighted by Crippen LogP contribution is -2.49. The first-order chi connectivity index (χ1) is 10.0. The molecule has 0 amide bonds. The summed E-state index contributed by atoms with van der Waals surface area (Å²) in [5.41, 5.74) is 3.00. The monoisotopic (exact) mass is 328 g/mol. The van der Waals surface area contributed by atoms with Gasteiger partial charge in [-0.3, -0.25) is 4.79 Å². The van der Waals surface area contributed by atoms with Gasteiger partial charge in [-0.05, 0) is 43.3 Å². The highest BCUT2D eigenvalue weighted by atomic mass is 28.4. The standard InChI is InChI=1S/C18H36O3Si/c1-13(2)22(14(3)4,15(5)6)21-17(8)12-16(7)10-9-11-18(19)20/h10,13-15,17H,9,11-12H2,1-8H3,(H,19,20)/b16-10+/t17-/m0/s1. The van der Waals surface area contributed by atoms with Crippen molar-refractivity contribution in [2.75, 3.05) is 0 Å². The maximum atomic E-state index is 10.6.